The Bertz CT molecular complexity index is 654. The van der Waals surface area contributed by atoms with Gasteiger partial charge in [0.25, 0.3) is 0 Å². The van der Waals surface area contributed by atoms with Crippen LogP contribution >= 0.6 is 0 Å². The Kier molecular flexibility index (Phi) is 7.09. The van der Waals surface area contributed by atoms with E-state index in [0.717, 1.165) is 37.0 Å². The minimum Gasteiger partial charge on any atom is -0.393 e. The van der Waals surface area contributed by atoms with Gasteiger partial charge in [0.05, 0.1) is 6.10 Å². The SMILES string of the molecule is CC(C)CCCC(C)C1CCC2C3CC(OO)C4(OO)CC(O)CCC4(C)C3CCC12C. The first-order valence-electron chi connectivity index (χ1n) is 13.4. The van der Waals surface area contributed by atoms with Gasteiger partial charge in [-0.25, -0.2) is 9.78 Å². The molecule has 3 N–H and O–H groups in total. The summed E-state index contributed by atoms with van der Waals surface area (Å²) in [7, 11) is 0. The Hall–Kier alpha value is -0.200. The molecule has 4 aliphatic rings. The lowest BCUT2D eigenvalue weighted by Crippen LogP contribution is -2.69. The molecule has 4 aliphatic carbocycles. The van der Waals surface area contributed by atoms with Crippen LogP contribution in [0.1, 0.15) is 105 Å². The first-order valence-corrected chi connectivity index (χ1v) is 13.4. The normalized spacial score (nSPS) is 49.4. The fraction of sp³-hybridized carbons (Fsp3) is 1.00. The lowest BCUT2D eigenvalue weighted by atomic mass is 9.42. The zero-order valence-corrected chi connectivity index (χ0v) is 21.1. The molecule has 0 aromatic carbocycles. The molecule has 0 heterocycles. The summed E-state index contributed by atoms with van der Waals surface area (Å²) in [6.07, 6.45) is 10.4. The van der Waals surface area contributed by atoms with E-state index in [4.69, 9.17) is 9.78 Å². The van der Waals surface area contributed by atoms with Gasteiger partial charge in [-0.05, 0) is 85.9 Å². The topological polar surface area (TPSA) is 79.2 Å². The van der Waals surface area contributed by atoms with Gasteiger partial charge in [0.2, 0.25) is 0 Å². The molecule has 5 nitrogen and oxygen atoms in total. The van der Waals surface area contributed by atoms with Gasteiger partial charge in [0, 0.05) is 11.8 Å². The number of aliphatic hydroxyl groups excluding tert-OH is 1. The third-order valence-corrected chi connectivity index (χ3v) is 11.3. The minimum atomic E-state index is -1.03. The third-order valence-electron chi connectivity index (χ3n) is 11.3. The van der Waals surface area contributed by atoms with Crippen molar-refractivity contribution in [1.82, 2.24) is 0 Å². The molecule has 5 heteroatoms. The predicted molar refractivity (Wildman–Crippen MR) is 125 cm³/mol. The van der Waals surface area contributed by atoms with Gasteiger partial charge >= 0.3 is 0 Å². The number of rotatable bonds is 7. The van der Waals surface area contributed by atoms with Crippen molar-refractivity contribution in [2.75, 3.05) is 0 Å². The van der Waals surface area contributed by atoms with E-state index in [-0.39, 0.29) is 5.41 Å². The van der Waals surface area contributed by atoms with Crippen LogP contribution in [-0.4, -0.2) is 33.4 Å². The van der Waals surface area contributed by atoms with Crippen LogP contribution in [0.3, 0.4) is 0 Å². The smallest absolute Gasteiger partial charge is 0.140 e. The molecule has 0 aromatic rings. The van der Waals surface area contributed by atoms with Crippen molar-refractivity contribution < 1.29 is 25.4 Å². The molecule has 10 unspecified atom stereocenters. The summed E-state index contributed by atoms with van der Waals surface area (Å²) in [4.78, 5) is 10.3. The molecule has 0 saturated heterocycles. The fourth-order valence-electron chi connectivity index (χ4n) is 9.56. The van der Waals surface area contributed by atoms with Crippen LogP contribution < -0.4 is 0 Å². The van der Waals surface area contributed by atoms with Crippen molar-refractivity contribution in [3.05, 3.63) is 0 Å². The highest BCUT2D eigenvalue weighted by atomic mass is 17.1. The molecule has 4 saturated carbocycles. The van der Waals surface area contributed by atoms with E-state index >= 15 is 0 Å². The molecule has 0 radical (unpaired) electrons. The number of aliphatic hydroxyl groups is 1. The van der Waals surface area contributed by atoms with Crippen LogP contribution in [0.2, 0.25) is 0 Å². The van der Waals surface area contributed by atoms with Crippen molar-refractivity contribution in [1.29, 1.82) is 0 Å². The minimum absolute atomic E-state index is 0.306. The summed E-state index contributed by atoms with van der Waals surface area (Å²) in [5.41, 5.74) is -0.987. The molecule has 4 fully saturated rings. The molecule has 4 rings (SSSR count). The molecule has 0 aromatic heterocycles. The van der Waals surface area contributed by atoms with E-state index in [1.807, 2.05) is 0 Å². The number of hydrogen-bond acceptors (Lipinski definition) is 5. The van der Waals surface area contributed by atoms with Gasteiger partial charge < -0.3 is 5.11 Å². The van der Waals surface area contributed by atoms with Gasteiger partial charge in [0.1, 0.15) is 11.7 Å². The molecule has 0 spiro atoms. The Morgan fingerprint density at radius 3 is 2.34 bits per heavy atom. The second kappa shape index (κ2) is 9.11. The largest absolute Gasteiger partial charge is 0.393 e. The standard InChI is InChI=1S/C27H48O5/c1-17(2)7-6-8-18(3)21-9-10-22-20-15-24(31-29)27(32-30)16-19(28)11-14-26(27,5)23(20)12-13-25(21,22)4/h17-24,28-30H,6-16H2,1-5H3. The average Bonchev–Trinajstić information content (AvgIpc) is 3.10. The highest BCUT2D eigenvalue weighted by Gasteiger charge is 2.70. The summed E-state index contributed by atoms with van der Waals surface area (Å²) < 4.78 is 0. The van der Waals surface area contributed by atoms with Crippen LogP contribution in [0.4, 0.5) is 0 Å². The summed E-state index contributed by atoms with van der Waals surface area (Å²) >= 11 is 0. The van der Waals surface area contributed by atoms with Crippen LogP contribution in [0, 0.1) is 46.3 Å². The van der Waals surface area contributed by atoms with Crippen LogP contribution in [0.5, 0.6) is 0 Å². The van der Waals surface area contributed by atoms with Crippen molar-refractivity contribution in [3.8, 4) is 0 Å². The first-order chi connectivity index (χ1) is 15.1. The molecule has 10 atom stereocenters. The van der Waals surface area contributed by atoms with Gasteiger partial charge in [-0.1, -0.05) is 53.9 Å². The summed E-state index contributed by atoms with van der Waals surface area (Å²) in [6.45, 7) is 11.9. The maximum atomic E-state index is 10.4. The van der Waals surface area contributed by atoms with E-state index in [1.54, 1.807) is 0 Å². The zero-order valence-electron chi connectivity index (χ0n) is 21.1. The second-order valence-corrected chi connectivity index (χ2v) is 13.0. The van der Waals surface area contributed by atoms with Crippen molar-refractivity contribution >= 4 is 0 Å². The Labute approximate surface area is 195 Å². The van der Waals surface area contributed by atoms with Crippen molar-refractivity contribution in [3.63, 3.8) is 0 Å². The van der Waals surface area contributed by atoms with Crippen LogP contribution in [0.25, 0.3) is 0 Å². The lowest BCUT2D eigenvalue weighted by molar-refractivity contribution is -0.446. The Morgan fingerprint density at radius 2 is 1.69 bits per heavy atom. The van der Waals surface area contributed by atoms with Crippen LogP contribution in [0.15, 0.2) is 0 Å². The van der Waals surface area contributed by atoms with E-state index in [1.165, 1.54) is 38.5 Å². The zero-order chi connectivity index (χ0) is 23.3. The highest BCUT2D eigenvalue weighted by Crippen LogP contribution is 2.70. The monoisotopic (exact) mass is 452 g/mol. The number of hydrogen-bond donors (Lipinski definition) is 3. The van der Waals surface area contributed by atoms with Gasteiger partial charge in [-0.2, -0.15) is 0 Å². The molecule has 0 aliphatic heterocycles. The number of fused-ring (bicyclic) bond motifs is 5. The van der Waals surface area contributed by atoms with Crippen LogP contribution in [-0.2, 0) is 9.78 Å². The van der Waals surface area contributed by atoms with Crippen molar-refractivity contribution in [2.24, 2.45) is 46.3 Å². The third kappa shape index (κ3) is 3.69. The van der Waals surface area contributed by atoms with E-state index in [9.17, 15) is 15.6 Å². The molecule has 32 heavy (non-hydrogen) atoms. The molecular weight excluding hydrogens is 404 g/mol. The second-order valence-electron chi connectivity index (χ2n) is 13.0. The van der Waals surface area contributed by atoms with Gasteiger partial charge in [-0.3, -0.25) is 10.5 Å². The first kappa shape index (κ1) is 24.9. The van der Waals surface area contributed by atoms with Gasteiger partial charge in [-0.15, -0.1) is 0 Å². The van der Waals surface area contributed by atoms with E-state index < -0.39 is 17.8 Å². The van der Waals surface area contributed by atoms with E-state index in [2.05, 4.69) is 34.6 Å². The lowest BCUT2D eigenvalue weighted by Gasteiger charge is -2.65. The Balaban J connectivity index is 1.58. The fourth-order valence-corrected chi connectivity index (χ4v) is 9.56. The highest BCUT2D eigenvalue weighted by molar-refractivity contribution is 5.17. The molecule has 0 amide bonds. The maximum Gasteiger partial charge on any atom is 0.140 e. The van der Waals surface area contributed by atoms with Crippen molar-refractivity contribution in [2.45, 2.75) is 123 Å². The van der Waals surface area contributed by atoms with E-state index in [0.29, 0.717) is 36.0 Å². The average molecular weight is 453 g/mol. The molecular formula is C27H48O5. The summed E-state index contributed by atoms with van der Waals surface area (Å²) in [6, 6.07) is 0. The van der Waals surface area contributed by atoms with Gasteiger partial charge in [0.15, 0.2) is 0 Å². The Morgan fingerprint density at radius 1 is 0.938 bits per heavy atom. The summed E-state index contributed by atoms with van der Waals surface area (Å²) in [5, 5.41) is 30.5. The summed E-state index contributed by atoms with van der Waals surface area (Å²) in [5.74, 6) is 3.86. The molecule has 0 bridgehead atoms. The maximum absolute atomic E-state index is 10.4. The quantitative estimate of drug-likeness (QED) is 0.301. The predicted octanol–water partition coefficient (Wildman–Crippen LogP) is 6.55. The molecule has 186 valence electrons.